The molecule has 0 amide bonds. The second kappa shape index (κ2) is 6.98. The summed E-state index contributed by atoms with van der Waals surface area (Å²) in [5.74, 6) is -1.19. The highest BCUT2D eigenvalue weighted by molar-refractivity contribution is 5.67. The molecule has 2 rings (SSSR count). The van der Waals surface area contributed by atoms with Gasteiger partial charge in [-0.05, 0) is 38.1 Å². The maximum atomic E-state index is 9.12. The molecule has 1 fully saturated rings. The quantitative estimate of drug-likeness (QED) is 0.801. The Balaban J connectivity index is 0.000000249. The molecule has 94 valence electrons. The first-order valence-corrected chi connectivity index (χ1v) is 5.58. The Labute approximate surface area is 101 Å². The van der Waals surface area contributed by atoms with Gasteiger partial charge in [0.1, 0.15) is 6.61 Å². The summed E-state index contributed by atoms with van der Waals surface area (Å²) < 4.78 is 0. The van der Waals surface area contributed by atoms with Crippen LogP contribution in [0, 0.1) is 0 Å². The molecule has 2 N–H and O–H groups in total. The van der Waals surface area contributed by atoms with Crippen LogP contribution in [0.15, 0.2) is 24.5 Å². The van der Waals surface area contributed by atoms with Gasteiger partial charge in [-0.1, -0.05) is 6.07 Å². The van der Waals surface area contributed by atoms with Crippen molar-refractivity contribution >= 4 is 5.97 Å². The number of aromatic nitrogens is 1. The molecule has 1 unspecified atom stereocenters. The first-order chi connectivity index (χ1) is 8.15. The Morgan fingerprint density at radius 2 is 2.35 bits per heavy atom. The van der Waals surface area contributed by atoms with Crippen molar-refractivity contribution in [2.75, 3.05) is 20.2 Å². The molecular weight excluding hydrogens is 220 g/mol. The molecule has 1 aromatic rings. The van der Waals surface area contributed by atoms with Crippen LogP contribution in [-0.2, 0) is 4.79 Å². The minimum Gasteiger partial charge on any atom is -0.480 e. The van der Waals surface area contributed by atoms with Crippen LogP contribution < -0.4 is 0 Å². The van der Waals surface area contributed by atoms with Crippen molar-refractivity contribution in [2.45, 2.75) is 18.9 Å². The summed E-state index contributed by atoms with van der Waals surface area (Å²) in [6.45, 7) is 0.444. The van der Waals surface area contributed by atoms with E-state index in [9.17, 15) is 0 Å². The fraction of sp³-hybridized carbons (Fsp3) is 0.500. The third-order valence-electron chi connectivity index (χ3n) is 2.72. The number of hydrogen-bond acceptors (Lipinski definition) is 4. The zero-order chi connectivity index (χ0) is 12.7. The predicted octanol–water partition coefficient (Wildman–Crippen LogP) is 0.912. The highest BCUT2D eigenvalue weighted by Crippen LogP contribution is 2.29. The molecule has 1 saturated heterocycles. The van der Waals surface area contributed by atoms with E-state index in [1.807, 2.05) is 18.5 Å². The van der Waals surface area contributed by atoms with Gasteiger partial charge < -0.3 is 10.2 Å². The van der Waals surface area contributed by atoms with E-state index in [0.717, 1.165) is 0 Å². The van der Waals surface area contributed by atoms with E-state index in [1.54, 1.807) is 0 Å². The summed E-state index contributed by atoms with van der Waals surface area (Å²) in [6, 6.07) is 4.79. The molecule has 1 aliphatic rings. The van der Waals surface area contributed by atoms with Gasteiger partial charge in [-0.3, -0.25) is 9.88 Å². The van der Waals surface area contributed by atoms with Gasteiger partial charge in [-0.25, -0.2) is 4.79 Å². The van der Waals surface area contributed by atoms with E-state index in [2.05, 4.69) is 23.0 Å². The zero-order valence-corrected chi connectivity index (χ0v) is 9.91. The van der Waals surface area contributed by atoms with Gasteiger partial charge in [0.2, 0.25) is 0 Å². The standard InChI is InChI=1S/C10H14N2.C2H4O3/c1-12-7-3-5-10(12)9-4-2-6-11-8-9;3-1-2(4)5/h2,4,6,8,10H,3,5,7H2,1H3;3H,1H2,(H,4,5). The van der Waals surface area contributed by atoms with Crippen LogP contribution in [0.2, 0.25) is 0 Å². The monoisotopic (exact) mass is 238 g/mol. The number of nitrogens with zero attached hydrogens (tertiary/aromatic N) is 2. The molecule has 0 bridgehead atoms. The maximum Gasteiger partial charge on any atom is 0.329 e. The predicted molar refractivity (Wildman–Crippen MR) is 63.6 cm³/mol. The largest absolute Gasteiger partial charge is 0.480 e. The molecule has 0 saturated carbocycles. The Bertz CT molecular complexity index is 343. The first kappa shape index (κ1) is 13.6. The van der Waals surface area contributed by atoms with E-state index in [1.165, 1.54) is 24.9 Å². The summed E-state index contributed by atoms with van der Waals surface area (Å²) in [5.41, 5.74) is 1.36. The third kappa shape index (κ3) is 4.50. The Morgan fingerprint density at radius 3 is 2.76 bits per heavy atom. The number of rotatable bonds is 2. The van der Waals surface area contributed by atoms with Gasteiger partial charge in [0.25, 0.3) is 0 Å². The molecule has 0 radical (unpaired) electrons. The van der Waals surface area contributed by atoms with Gasteiger partial charge in [-0.15, -0.1) is 0 Å². The summed E-state index contributed by atoms with van der Waals surface area (Å²) in [7, 11) is 2.19. The summed E-state index contributed by atoms with van der Waals surface area (Å²) in [6.07, 6.45) is 6.41. The van der Waals surface area contributed by atoms with Crippen LogP contribution in [-0.4, -0.2) is 46.3 Å². The fourth-order valence-corrected chi connectivity index (χ4v) is 1.90. The molecule has 1 atom stereocenters. The van der Waals surface area contributed by atoms with Crippen molar-refractivity contribution in [1.82, 2.24) is 9.88 Å². The Hall–Kier alpha value is -1.46. The van der Waals surface area contributed by atoms with Crippen molar-refractivity contribution in [3.05, 3.63) is 30.1 Å². The number of aliphatic carboxylic acids is 1. The molecular formula is C12H18N2O3. The lowest BCUT2D eigenvalue weighted by Gasteiger charge is -2.18. The van der Waals surface area contributed by atoms with Crippen molar-refractivity contribution < 1.29 is 15.0 Å². The van der Waals surface area contributed by atoms with Gasteiger partial charge >= 0.3 is 5.97 Å². The number of likely N-dealkylation sites (tertiary alicyclic amines) is 1. The molecule has 0 aliphatic carbocycles. The average Bonchev–Trinajstić information content (AvgIpc) is 2.77. The van der Waals surface area contributed by atoms with Gasteiger partial charge in [0.05, 0.1) is 0 Å². The van der Waals surface area contributed by atoms with Crippen LogP contribution in [0.3, 0.4) is 0 Å². The highest BCUT2D eigenvalue weighted by atomic mass is 16.4. The number of pyridine rings is 1. The molecule has 0 spiro atoms. The van der Waals surface area contributed by atoms with Crippen molar-refractivity contribution in [3.8, 4) is 0 Å². The van der Waals surface area contributed by atoms with Crippen LogP contribution >= 0.6 is 0 Å². The summed E-state index contributed by atoms with van der Waals surface area (Å²) in [5, 5.41) is 15.0. The number of carboxylic acids is 1. The molecule has 1 aliphatic heterocycles. The number of carboxylic acid groups (broad SMARTS) is 1. The smallest absolute Gasteiger partial charge is 0.329 e. The Morgan fingerprint density at radius 1 is 1.65 bits per heavy atom. The molecule has 0 aromatic carbocycles. The van der Waals surface area contributed by atoms with E-state index in [-0.39, 0.29) is 0 Å². The Kier molecular flexibility index (Phi) is 5.59. The SMILES string of the molecule is CN1CCCC1c1cccnc1.O=C(O)CO. The summed E-state index contributed by atoms with van der Waals surface area (Å²) >= 11 is 0. The third-order valence-corrected chi connectivity index (χ3v) is 2.72. The fourth-order valence-electron chi connectivity index (χ4n) is 1.90. The molecule has 2 heterocycles. The number of aliphatic hydroxyl groups is 1. The lowest BCUT2D eigenvalue weighted by molar-refractivity contribution is -0.140. The molecule has 1 aromatic heterocycles. The van der Waals surface area contributed by atoms with E-state index in [0.29, 0.717) is 6.04 Å². The molecule has 17 heavy (non-hydrogen) atoms. The minimum atomic E-state index is -1.19. The highest BCUT2D eigenvalue weighted by Gasteiger charge is 2.21. The summed E-state index contributed by atoms with van der Waals surface area (Å²) in [4.78, 5) is 15.7. The normalized spacial score (nSPS) is 19.5. The zero-order valence-electron chi connectivity index (χ0n) is 9.91. The van der Waals surface area contributed by atoms with Crippen molar-refractivity contribution in [3.63, 3.8) is 0 Å². The molecule has 5 heteroatoms. The van der Waals surface area contributed by atoms with E-state index >= 15 is 0 Å². The van der Waals surface area contributed by atoms with Gasteiger partial charge in [0.15, 0.2) is 0 Å². The second-order valence-electron chi connectivity index (χ2n) is 3.98. The number of aliphatic hydroxyl groups excluding tert-OH is 1. The van der Waals surface area contributed by atoms with Crippen LogP contribution in [0.1, 0.15) is 24.4 Å². The van der Waals surface area contributed by atoms with Crippen LogP contribution in [0.5, 0.6) is 0 Å². The lowest BCUT2D eigenvalue weighted by atomic mass is 10.1. The lowest BCUT2D eigenvalue weighted by Crippen LogP contribution is -2.17. The second-order valence-corrected chi connectivity index (χ2v) is 3.98. The molecule has 5 nitrogen and oxygen atoms in total. The average molecular weight is 238 g/mol. The van der Waals surface area contributed by atoms with Crippen LogP contribution in [0.4, 0.5) is 0 Å². The van der Waals surface area contributed by atoms with Crippen molar-refractivity contribution in [2.24, 2.45) is 0 Å². The van der Waals surface area contributed by atoms with Gasteiger partial charge in [-0.2, -0.15) is 0 Å². The maximum absolute atomic E-state index is 9.12. The van der Waals surface area contributed by atoms with Crippen molar-refractivity contribution in [1.29, 1.82) is 0 Å². The number of carbonyl (C=O) groups is 1. The number of hydrogen-bond donors (Lipinski definition) is 2. The van der Waals surface area contributed by atoms with E-state index < -0.39 is 12.6 Å². The van der Waals surface area contributed by atoms with E-state index in [4.69, 9.17) is 15.0 Å². The van der Waals surface area contributed by atoms with Crippen LogP contribution in [0.25, 0.3) is 0 Å². The topological polar surface area (TPSA) is 73.7 Å². The first-order valence-electron chi connectivity index (χ1n) is 5.58. The van der Waals surface area contributed by atoms with Gasteiger partial charge in [0, 0.05) is 18.4 Å². The minimum absolute atomic E-state index is 0.610.